The Morgan fingerprint density at radius 1 is 1.13 bits per heavy atom. The van der Waals surface area contributed by atoms with Crippen LogP contribution in [0.3, 0.4) is 0 Å². The first-order valence-electron chi connectivity index (χ1n) is 9.33. The standard InChI is InChI=1S/C19H25N5O6/c1-22-16-15(17(27)23(2)19(22)28)24(18(21-16)20-8-9-25)10-12(26)11-30-14-6-4-13(29-3)5-7-14/h4-7,12,25-26H,8-11H2,1-3H3,(H,20,21)/t12-/m1/s1. The normalized spacial score (nSPS) is 12.2. The number of benzene rings is 1. The predicted molar refractivity (Wildman–Crippen MR) is 110 cm³/mol. The van der Waals surface area contributed by atoms with Gasteiger partial charge in [0.25, 0.3) is 5.56 Å². The Bertz CT molecular complexity index is 1130. The zero-order chi connectivity index (χ0) is 21.8. The van der Waals surface area contributed by atoms with Gasteiger partial charge >= 0.3 is 5.69 Å². The Hall–Kier alpha value is -3.31. The minimum absolute atomic E-state index is 0.00609. The molecule has 0 saturated carbocycles. The van der Waals surface area contributed by atoms with E-state index in [2.05, 4.69) is 10.3 Å². The van der Waals surface area contributed by atoms with Gasteiger partial charge in [-0.2, -0.15) is 4.98 Å². The highest BCUT2D eigenvalue weighted by atomic mass is 16.5. The Labute approximate surface area is 171 Å². The van der Waals surface area contributed by atoms with Crippen LogP contribution in [0.25, 0.3) is 11.2 Å². The third kappa shape index (κ3) is 4.16. The monoisotopic (exact) mass is 419 g/mol. The fraction of sp³-hybridized carbons (Fsp3) is 0.421. The Morgan fingerprint density at radius 2 is 1.80 bits per heavy atom. The summed E-state index contributed by atoms with van der Waals surface area (Å²) in [7, 11) is 4.46. The molecule has 0 radical (unpaired) electrons. The molecule has 11 nitrogen and oxygen atoms in total. The lowest BCUT2D eigenvalue weighted by Gasteiger charge is -2.16. The molecule has 1 atom stereocenters. The largest absolute Gasteiger partial charge is 0.497 e. The van der Waals surface area contributed by atoms with Crippen LogP contribution in [0, 0.1) is 0 Å². The van der Waals surface area contributed by atoms with E-state index >= 15 is 0 Å². The molecule has 0 saturated heterocycles. The fourth-order valence-electron chi connectivity index (χ4n) is 3.05. The van der Waals surface area contributed by atoms with Gasteiger partial charge < -0.3 is 29.6 Å². The van der Waals surface area contributed by atoms with Gasteiger partial charge in [-0.3, -0.25) is 13.9 Å². The molecule has 0 spiro atoms. The Balaban J connectivity index is 1.88. The van der Waals surface area contributed by atoms with Crippen molar-refractivity contribution < 1.29 is 19.7 Å². The predicted octanol–water partition coefficient (Wildman–Crippen LogP) is -0.714. The maximum absolute atomic E-state index is 12.7. The number of aliphatic hydroxyl groups excluding tert-OH is 2. The van der Waals surface area contributed by atoms with Crippen LogP contribution in [0.1, 0.15) is 0 Å². The SMILES string of the molecule is COc1ccc(OC[C@H](O)Cn2c(NCCO)nc3c2c(=O)n(C)c(=O)n3C)cc1. The first-order chi connectivity index (χ1) is 14.4. The van der Waals surface area contributed by atoms with Gasteiger partial charge in [-0.05, 0) is 24.3 Å². The van der Waals surface area contributed by atoms with E-state index < -0.39 is 17.4 Å². The first-order valence-corrected chi connectivity index (χ1v) is 9.33. The third-order valence-electron chi connectivity index (χ3n) is 4.64. The van der Waals surface area contributed by atoms with E-state index in [9.17, 15) is 14.7 Å². The number of nitrogens with zero attached hydrogens (tertiary/aromatic N) is 4. The molecule has 2 aromatic heterocycles. The molecule has 0 fully saturated rings. The van der Waals surface area contributed by atoms with Crippen molar-refractivity contribution in [1.82, 2.24) is 18.7 Å². The molecular weight excluding hydrogens is 394 g/mol. The number of rotatable bonds is 9. The summed E-state index contributed by atoms with van der Waals surface area (Å²) in [5, 5.41) is 22.6. The van der Waals surface area contributed by atoms with E-state index in [1.54, 1.807) is 31.4 Å². The van der Waals surface area contributed by atoms with Crippen LogP contribution in [0.4, 0.5) is 5.95 Å². The van der Waals surface area contributed by atoms with E-state index in [0.29, 0.717) is 11.5 Å². The van der Waals surface area contributed by atoms with Gasteiger partial charge in [0.2, 0.25) is 5.95 Å². The van der Waals surface area contributed by atoms with Gasteiger partial charge in [0.15, 0.2) is 11.2 Å². The number of ether oxygens (including phenoxy) is 2. The highest BCUT2D eigenvalue weighted by Crippen LogP contribution is 2.19. The van der Waals surface area contributed by atoms with Crippen molar-refractivity contribution in [2.75, 3.05) is 32.2 Å². The van der Waals surface area contributed by atoms with Crippen LogP contribution in [-0.4, -0.2) is 61.9 Å². The summed E-state index contributed by atoms with van der Waals surface area (Å²) in [4.78, 5) is 29.2. The van der Waals surface area contributed by atoms with Crippen molar-refractivity contribution in [3.05, 3.63) is 45.1 Å². The van der Waals surface area contributed by atoms with Crippen molar-refractivity contribution >= 4 is 17.1 Å². The second kappa shape index (κ2) is 9.01. The molecule has 30 heavy (non-hydrogen) atoms. The van der Waals surface area contributed by atoms with Crippen LogP contribution < -0.4 is 26.0 Å². The number of imidazole rings is 1. The molecule has 0 aliphatic carbocycles. The summed E-state index contributed by atoms with van der Waals surface area (Å²) in [6.07, 6.45) is -0.971. The second-order valence-electron chi connectivity index (χ2n) is 6.71. The summed E-state index contributed by atoms with van der Waals surface area (Å²) in [5.41, 5.74) is -0.675. The fourth-order valence-corrected chi connectivity index (χ4v) is 3.05. The lowest BCUT2D eigenvalue weighted by atomic mass is 10.3. The van der Waals surface area contributed by atoms with Crippen LogP contribution in [-0.2, 0) is 20.6 Å². The average Bonchev–Trinajstić information content (AvgIpc) is 3.11. The average molecular weight is 419 g/mol. The lowest BCUT2D eigenvalue weighted by Crippen LogP contribution is -2.38. The van der Waals surface area contributed by atoms with Gasteiger partial charge in [-0.15, -0.1) is 0 Å². The molecule has 0 unspecified atom stereocenters. The number of anilines is 1. The van der Waals surface area contributed by atoms with E-state index in [1.165, 1.54) is 23.2 Å². The Kier molecular flexibility index (Phi) is 6.43. The van der Waals surface area contributed by atoms with Crippen molar-refractivity contribution in [2.24, 2.45) is 14.1 Å². The molecule has 2 heterocycles. The topological polar surface area (TPSA) is 133 Å². The smallest absolute Gasteiger partial charge is 0.332 e. The number of nitrogens with one attached hydrogen (secondary N) is 1. The number of fused-ring (bicyclic) bond motifs is 1. The highest BCUT2D eigenvalue weighted by molar-refractivity contribution is 5.74. The molecule has 0 amide bonds. The van der Waals surface area contributed by atoms with Gasteiger partial charge in [0.05, 0.1) is 20.3 Å². The van der Waals surface area contributed by atoms with Crippen LogP contribution in [0.15, 0.2) is 33.9 Å². The molecular formula is C19H25N5O6. The maximum Gasteiger partial charge on any atom is 0.332 e. The van der Waals surface area contributed by atoms with Crippen LogP contribution in [0.5, 0.6) is 11.5 Å². The molecule has 0 bridgehead atoms. The number of hydrogen-bond donors (Lipinski definition) is 3. The molecule has 11 heteroatoms. The number of aryl methyl sites for hydroxylation is 1. The van der Waals surface area contributed by atoms with E-state index in [0.717, 1.165) is 4.57 Å². The molecule has 0 aliphatic heterocycles. The number of methoxy groups -OCH3 is 1. The molecule has 3 rings (SSSR count). The molecule has 1 aromatic carbocycles. The summed E-state index contributed by atoms with van der Waals surface area (Å²) >= 11 is 0. The highest BCUT2D eigenvalue weighted by Gasteiger charge is 2.21. The van der Waals surface area contributed by atoms with E-state index in [1.807, 2.05) is 0 Å². The minimum atomic E-state index is -0.971. The third-order valence-corrected chi connectivity index (χ3v) is 4.64. The van der Waals surface area contributed by atoms with Gasteiger partial charge in [-0.25, -0.2) is 4.79 Å². The number of aromatic nitrogens is 4. The van der Waals surface area contributed by atoms with Crippen molar-refractivity contribution in [3.8, 4) is 11.5 Å². The van der Waals surface area contributed by atoms with E-state index in [4.69, 9.17) is 14.6 Å². The van der Waals surface area contributed by atoms with Crippen LogP contribution >= 0.6 is 0 Å². The zero-order valence-electron chi connectivity index (χ0n) is 17.0. The summed E-state index contributed by atoms with van der Waals surface area (Å²) in [5.74, 6) is 1.51. The maximum atomic E-state index is 12.7. The summed E-state index contributed by atoms with van der Waals surface area (Å²) in [6.45, 7) is 0.00465. The van der Waals surface area contributed by atoms with Gasteiger partial charge in [-0.1, -0.05) is 0 Å². The molecule has 0 aliphatic rings. The van der Waals surface area contributed by atoms with Crippen molar-refractivity contribution in [1.29, 1.82) is 0 Å². The van der Waals surface area contributed by atoms with E-state index in [-0.39, 0.29) is 43.4 Å². The minimum Gasteiger partial charge on any atom is -0.497 e. The number of hydrogen-bond acceptors (Lipinski definition) is 8. The molecule has 3 aromatic rings. The van der Waals surface area contributed by atoms with Crippen LogP contribution in [0.2, 0.25) is 0 Å². The number of aliphatic hydroxyl groups is 2. The van der Waals surface area contributed by atoms with Crippen molar-refractivity contribution in [3.63, 3.8) is 0 Å². The zero-order valence-corrected chi connectivity index (χ0v) is 17.0. The van der Waals surface area contributed by atoms with Gasteiger partial charge in [0.1, 0.15) is 24.2 Å². The Morgan fingerprint density at radius 3 is 2.43 bits per heavy atom. The molecule has 162 valence electrons. The summed E-state index contributed by atoms with van der Waals surface area (Å²) in [6, 6.07) is 6.92. The second-order valence-corrected chi connectivity index (χ2v) is 6.71. The molecule has 3 N–H and O–H groups in total. The first kappa shape index (κ1) is 21.4. The summed E-state index contributed by atoms with van der Waals surface area (Å²) < 4.78 is 14.4. The quantitative estimate of drug-likeness (QED) is 0.414. The lowest BCUT2D eigenvalue weighted by molar-refractivity contribution is 0.0938. The van der Waals surface area contributed by atoms with Gasteiger partial charge in [0, 0.05) is 20.6 Å². The van der Waals surface area contributed by atoms with Crippen molar-refractivity contribution in [2.45, 2.75) is 12.6 Å².